The van der Waals surface area contributed by atoms with E-state index in [4.69, 9.17) is 77.8 Å². The number of carbonyl (C=O) groups excluding carboxylic acids is 8. The number of hydrogen-bond donors (Lipinski definition) is 8. The van der Waals surface area contributed by atoms with E-state index in [1.54, 1.807) is 146 Å². The van der Waals surface area contributed by atoms with Crippen molar-refractivity contribution in [2.45, 2.75) is 111 Å². The molecule has 0 aliphatic heterocycles. The number of rotatable bonds is 40. The Bertz CT molecular complexity index is 7520. The van der Waals surface area contributed by atoms with E-state index >= 15 is 28.8 Å². The van der Waals surface area contributed by atoms with Crippen molar-refractivity contribution >= 4 is 180 Å². The molecule has 0 atom stereocenters. The Kier molecular flexibility index (Phi) is 31.8. The number of aromatic nitrogens is 8. The third-order valence-electron chi connectivity index (χ3n) is 23.5. The van der Waals surface area contributed by atoms with E-state index < -0.39 is 47.3 Å². The van der Waals surface area contributed by atoms with Gasteiger partial charge in [0.1, 0.15) is 136 Å². The topological polar surface area (TPSA) is 410 Å². The normalized spacial score (nSPS) is 11.6. The van der Waals surface area contributed by atoms with Crippen molar-refractivity contribution in [3.05, 3.63) is 276 Å². The highest BCUT2D eigenvalue weighted by Gasteiger charge is 2.31. The Labute approximate surface area is 866 Å². The second-order valence-corrected chi connectivity index (χ2v) is 40.1. The van der Waals surface area contributed by atoms with E-state index in [0.717, 1.165) is 0 Å². The highest BCUT2D eigenvalue weighted by Crippen LogP contribution is 2.44. The van der Waals surface area contributed by atoms with Crippen molar-refractivity contribution in [3.63, 3.8) is 0 Å². The van der Waals surface area contributed by atoms with E-state index in [1.807, 2.05) is 171 Å². The fraction of sp³-hybridized carbons (Fsp3) is 0.271. The van der Waals surface area contributed by atoms with Crippen LogP contribution in [0.1, 0.15) is 195 Å². The molecule has 17 aromatic rings. The first-order valence-corrected chi connectivity index (χ1v) is 50.2. The van der Waals surface area contributed by atoms with Gasteiger partial charge < -0.3 is 80.4 Å². The van der Waals surface area contributed by atoms with Gasteiger partial charge in [-0.05, 0) is 157 Å². The smallest absolute Gasteiger partial charge is 0.274 e. The molecule has 8 heterocycles. The number of carbonyl (C=O) groups is 8. The van der Waals surface area contributed by atoms with E-state index in [9.17, 15) is 9.59 Å². The Morgan fingerprint density at radius 2 is 0.307 bits per heavy atom. The number of anilines is 8. The van der Waals surface area contributed by atoms with Crippen molar-refractivity contribution < 1.29 is 76.3 Å². The first-order valence-electron chi connectivity index (χ1n) is 50.2. The van der Waals surface area contributed by atoms with Gasteiger partial charge >= 0.3 is 0 Å². The largest absolute Gasteiger partial charge is 0.493 e. The van der Waals surface area contributed by atoms with E-state index in [-0.39, 0.29) is 234 Å². The summed E-state index contributed by atoms with van der Waals surface area (Å²) in [7, 11) is 0. The molecule has 0 saturated heterocycles. The number of hydrogen-bond acceptors (Lipinski definition) is 24. The summed E-state index contributed by atoms with van der Waals surface area (Å²) in [6.07, 6.45) is 0. The molecule has 8 N–H and O–H groups in total. The maximum atomic E-state index is 15.4. The van der Waals surface area contributed by atoms with Crippen LogP contribution in [0.2, 0.25) is 0 Å². The highest BCUT2D eigenvalue weighted by molar-refractivity contribution is 6.20. The van der Waals surface area contributed by atoms with Crippen LogP contribution in [0.25, 0.3) is 87.2 Å². The van der Waals surface area contributed by atoms with Gasteiger partial charge in [0.15, 0.2) is 0 Å². The van der Waals surface area contributed by atoms with Gasteiger partial charge in [0.2, 0.25) is 0 Å². The molecular weight excluding hydrogens is 1900 g/mol. The molecule has 0 radical (unpaired) electrons. The summed E-state index contributed by atoms with van der Waals surface area (Å²) in [4.78, 5) is 159. The average Bonchev–Trinajstić information content (AvgIpc) is 0.760. The first-order chi connectivity index (χ1) is 72.2. The van der Waals surface area contributed by atoms with Gasteiger partial charge in [0.25, 0.3) is 47.3 Å². The standard InChI is InChI=1S/C118H118N16O16/c1-63(2)55-143-95-47-87(111(135)119-71-29-19-17-20-30-71)121-103-73(95)39-41-75-97(145-57-65(5)6)49-89(123-105(75)103)113(137)129-81-33-23-25-35-83(81)131-115(139)91-51-99(147-59-67(9)10)77-43-45-79-101(149-61-69(13)14)53-93(127-109(79)107(77)125-91)117(141)133-85-37-27-28-38-86(85)134-118(142)94-54-102(150-62-70(15)16)80-46-44-78-100(148-60-68(11)12)52-92(126-108(78)110(80)128-94)116(140)132-84-36-26-24-34-82(84)130-114(138)90-50-98(146-58-66(7)8)76-42-40-74-96(144-56-64(3)4)48-88(122-104(74)106(76)124-90)112(136)120-72-31-21-18-22-32-72/h17-54,63-70H,55-62H2,1-16H3,(H,119,135)(H,120,136)(H,129,137)(H,130,138)(H,131,139)(H,132,140)(H,133,141)(H,134,142). The number of benzene rings is 9. The van der Waals surface area contributed by atoms with Gasteiger partial charge in [0.05, 0.1) is 87.0 Å². The van der Waals surface area contributed by atoms with Crippen LogP contribution in [0, 0.1) is 47.3 Å². The van der Waals surface area contributed by atoms with Gasteiger partial charge in [-0.15, -0.1) is 0 Å². The third-order valence-corrected chi connectivity index (χ3v) is 23.5. The first kappa shape index (κ1) is 104. The molecule has 150 heavy (non-hydrogen) atoms. The summed E-state index contributed by atoms with van der Waals surface area (Å²) in [6, 6.07) is 64.7. The lowest BCUT2D eigenvalue weighted by molar-refractivity contribution is 0.101. The molecule has 8 amide bonds. The molecule has 32 nitrogen and oxygen atoms in total. The van der Waals surface area contributed by atoms with Crippen molar-refractivity contribution in [2.75, 3.05) is 95.4 Å². The molecule has 8 aromatic heterocycles. The Morgan fingerprint density at radius 1 is 0.180 bits per heavy atom. The molecule has 766 valence electrons. The fourth-order valence-electron chi connectivity index (χ4n) is 16.2. The molecule has 32 heteroatoms. The summed E-state index contributed by atoms with van der Waals surface area (Å²) in [5.74, 6) is -2.24. The highest BCUT2D eigenvalue weighted by atomic mass is 16.5. The molecule has 0 fully saturated rings. The van der Waals surface area contributed by atoms with Crippen molar-refractivity contribution in [1.82, 2.24) is 39.9 Å². The number of amides is 8. The lowest BCUT2D eigenvalue weighted by atomic mass is 10.1. The number of pyridine rings is 8. The maximum absolute atomic E-state index is 15.4. The van der Waals surface area contributed by atoms with Crippen molar-refractivity contribution in [3.8, 4) is 46.0 Å². The van der Waals surface area contributed by atoms with Crippen LogP contribution >= 0.6 is 0 Å². The van der Waals surface area contributed by atoms with E-state index in [0.29, 0.717) is 90.7 Å². The Morgan fingerprint density at radius 3 is 0.440 bits per heavy atom. The predicted octanol–water partition coefficient (Wildman–Crippen LogP) is 24.4. The van der Waals surface area contributed by atoms with E-state index in [2.05, 4.69) is 42.5 Å². The Hall–Kier alpha value is -17.6. The summed E-state index contributed by atoms with van der Waals surface area (Å²) in [5, 5.41) is 27.7. The molecule has 0 aliphatic rings. The van der Waals surface area contributed by atoms with Crippen LogP contribution in [0.3, 0.4) is 0 Å². The number of nitrogens with one attached hydrogen (secondary N) is 8. The zero-order chi connectivity index (χ0) is 106. The zero-order valence-electron chi connectivity index (χ0n) is 86.3. The molecule has 17 rings (SSSR count). The molecule has 0 aliphatic carbocycles. The van der Waals surface area contributed by atoms with Crippen molar-refractivity contribution in [2.24, 2.45) is 47.3 Å². The molecule has 0 spiro atoms. The van der Waals surface area contributed by atoms with Crippen LogP contribution in [-0.4, -0.2) is 140 Å². The predicted molar refractivity (Wildman–Crippen MR) is 587 cm³/mol. The summed E-state index contributed by atoms with van der Waals surface area (Å²) in [5.41, 5.74) is 3.33. The second-order valence-electron chi connectivity index (χ2n) is 40.1. The summed E-state index contributed by atoms with van der Waals surface area (Å²) < 4.78 is 51.8. The van der Waals surface area contributed by atoms with E-state index in [1.165, 1.54) is 24.3 Å². The monoisotopic (exact) mass is 2010 g/mol. The maximum Gasteiger partial charge on any atom is 0.274 e. The van der Waals surface area contributed by atoms with Gasteiger partial charge in [-0.25, -0.2) is 39.9 Å². The van der Waals surface area contributed by atoms with Gasteiger partial charge in [-0.1, -0.05) is 184 Å². The Balaban J connectivity index is 0.666. The van der Waals surface area contributed by atoms with Crippen LogP contribution in [0.15, 0.2) is 231 Å². The molecule has 0 unspecified atom stereocenters. The minimum absolute atomic E-state index is 0.0104. The molecule has 9 aromatic carbocycles. The zero-order valence-corrected chi connectivity index (χ0v) is 86.3. The average molecular weight is 2020 g/mol. The second kappa shape index (κ2) is 46.0. The summed E-state index contributed by atoms with van der Waals surface area (Å²) in [6.45, 7) is 34.0. The number of ether oxygens (including phenoxy) is 8. The van der Waals surface area contributed by atoms with Crippen molar-refractivity contribution in [1.29, 1.82) is 0 Å². The minimum Gasteiger partial charge on any atom is -0.493 e. The van der Waals surface area contributed by atoms with Crippen LogP contribution < -0.4 is 80.4 Å². The summed E-state index contributed by atoms with van der Waals surface area (Å²) >= 11 is 0. The van der Waals surface area contributed by atoms with Gasteiger partial charge in [-0.3, -0.25) is 38.4 Å². The molecule has 0 saturated carbocycles. The SMILES string of the molecule is CC(C)COc1cc(C(=O)Nc2ccccc2)nc2c1ccc1c(OCC(C)C)cc(C(=O)Nc3ccccc3NC(=O)c3cc(OCC(C)C)c4ccc5c(OCC(C)C)cc(C(=O)Nc6ccccc6NC(=O)c6cc(OCC(C)C)c7ccc8c(OCC(C)C)cc(C(=O)Nc9ccccc9NC(=O)c9cc(OCC(C)C)c%10ccc%11c(OCC(C)C)cc(C(=O)Nc%12ccccc%12)nc%11c%10n9)nc8c7n6)nc5c4n3)nc12. The van der Waals surface area contributed by atoms with Crippen LogP contribution in [0.4, 0.5) is 45.5 Å². The lowest BCUT2D eigenvalue weighted by Crippen LogP contribution is -2.19. The molecular formula is C118H118N16O16. The molecule has 0 bridgehead atoms. The minimum atomic E-state index is -0.734. The fourth-order valence-corrected chi connectivity index (χ4v) is 16.2. The van der Waals surface area contributed by atoms with Gasteiger partial charge in [-0.2, -0.15) is 0 Å². The lowest BCUT2D eigenvalue weighted by Gasteiger charge is -2.18. The van der Waals surface area contributed by atoms with Crippen LogP contribution in [-0.2, 0) is 0 Å². The quantitative estimate of drug-likeness (QED) is 0.0165. The third kappa shape index (κ3) is 24.4. The van der Waals surface area contributed by atoms with Gasteiger partial charge in [0, 0.05) is 103 Å². The number of para-hydroxylation sites is 8. The number of fused-ring (bicyclic) bond motifs is 12. The van der Waals surface area contributed by atoms with Crippen LogP contribution in [0.5, 0.6) is 46.0 Å². The number of nitrogens with zero attached hydrogens (tertiary/aromatic N) is 8.